The summed E-state index contributed by atoms with van der Waals surface area (Å²) in [6, 6.07) is 12.1. The van der Waals surface area contributed by atoms with Crippen LogP contribution in [0.1, 0.15) is 28.4 Å². The van der Waals surface area contributed by atoms with Crippen LogP contribution in [0.4, 0.5) is 5.69 Å². The Labute approximate surface area is 164 Å². The smallest absolute Gasteiger partial charge is 0.338 e. The Balaban J connectivity index is 1.68. The van der Waals surface area contributed by atoms with Gasteiger partial charge in [0.1, 0.15) is 12.4 Å². The highest BCUT2D eigenvalue weighted by atomic mass is 16.5. The van der Waals surface area contributed by atoms with Gasteiger partial charge in [0.15, 0.2) is 6.61 Å². The van der Waals surface area contributed by atoms with Crippen molar-refractivity contribution >= 4 is 23.5 Å². The molecule has 2 N–H and O–H groups in total. The third kappa shape index (κ3) is 6.75. The van der Waals surface area contributed by atoms with Crippen LogP contribution in [0.2, 0.25) is 0 Å². The normalized spacial score (nSPS) is 10.1. The van der Waals surface area contributed by atoms with E-state index in [0.29, 0.717) is 24.4 Å². The van der Waals surface area contributed by atoms with Crippen molar-refractivity contribution in [1.29, 1.82) is 0 Å². The van der Waals surface area contributed by atoms with Crippen LogP contribution in [0.5, 0.6) is 5.75 Å². The molecule has 2 aromatic carbocycles. The fourth-order valence-corrected chi connectivity index (χ4v) is 2.47. The van der Waals surface area contributed by atoms with Crippen LogP contribution in [-0.2, 0) is 14.3 Å². The van der Waals surface area contributed by atoms with Crippen LogP contribution in [-0.4, -0.2) is 37.5 Å². The van der Waals surface area contributed by atoms with Crippen LogP contribution >= 0.6 is 0 Å². The highest BCUT2D eigenvalue weighted by Gasteiger charge is 2.10. The number of hydrogen-bond acceptors (Lipinski definition) is 5. The monoisotopic (exact) mass is 384 g/mol. The first-order valence-corrected chi connectivity index (χ1v) is 8.86. The molecule has 7 nitrogen and oxygen atoms in total. The summed E-state index contributed by atoms with van der Waals surface area (Å²) < 4.78 is 10.6. The van der Waals surface area contributed by atoms with Crippen LogP contribution in [0.15, 0.2) is 42.5 Å². The average molecular weight is 384 g/mol. The van der Waals surface area contributed by atoms with E-state index >= 15 is 0 Å². The summed E-state index contributed by atoms with van der Waals surface area (Å²) >= 11 is 0. The quantitative estimate of drug-likeness (QED) is 0.539. The maximum atomic E-state index is 11.9. The molecule has 2 aromatic rings. The number of rotatable bonds is 8. The Hall–Kier alpha value is -3.35. The highest BCUT2D eigenvalue weighted by Crippen LogP contribution is 2.18. The molecule has 28 heavy (non-hydrogen) atoms. The third-order valence-electron chi connectivity index (χ3n) is 3.79. The Morgan fingerprint density at radius 1 is 1.00 bits per heavy atom. The maximum Gasteiger partial charge on any atom is 0.338 e. The number of nitrogens with one attached hydrogen (secondary N) is 2. The number of aryl methyl sites for hydroxylation is 2. The van der Waals surface area contributed by atoms with Crippen LogP contribution < -0.4 is 15.4 Å². The third-order valence-corrected chi connectivity index (χ3v) is 3.79. The van der Waals surface area contributed by atoms with Crippen molar-refractivity contribution in [3.63, 3.8) is 0 Å². The van der Waals surface area contributed by atoms with Gasteiger partial charge in [-0.25, -0.2) is 4.79 Å². The molecule has 0 spiro atoms. The van der Waals surface area contributed by atoms with Crippen molar-refractivity contribution in [3.05, 3.63) is 59.2 Å². The summed E-state index contributed by atoms with van der Waals surface area (Å²) in [5.74, 6) is -0.453. The molecule has 0 aliphatic carbocycles. The van der Waals surface area contributed by atoms with Crippen LogP contribution in [0.25, 0.3) is 0 Å². The maximum absolute atomic E-state index is 11.9. The number of benzene rings is 2. The fourth-order valence-electron chi connectivity index (χ4n) is 2.47. The van der Waals surface area contributed by atoms with E-state index in [1.807, 2.05) is 32.0 Å². The average Bonchev–Trinajstić information content (AvgIpc) is 2.65. The lowest BCUT2D eigenvalue weighted by Gasteiger charge is -2.11. The van der Waals surface area contributed by atoms with Crippen molar-refractivity contribution in [2.75, 3.05) is 25.1 Å². The zero-order valence-electron chi connectivity index (χ0n) is 16.2. The summed E-state index contributed by atoms with van der Waals surface area (Å²) in [6.07, 6.45) is 0. The Morgan fingerprint density at radius 3 is 2.36 bits per heavy atom. The van der Waals surface area contributed by atoms with Gasteiger partial charge in [0.2, 0.25) is 5.91 Å². The largest absolute Gasteiger partial charge is 0.491 e. The van der Waals surface area contributed by atoms with E-state index in [4.69, 9.17) is 9.47 Å². The van der Waals surface area contributed by atoms with E-state index in [-0.39, 0.29) is 12.5 Å². The molecule has 0 radical (unpaired) electrons. The van der Waals surface area contributed by atoms with Crippen molar-refractivity contribution in [1.82, 2.24) is 5.32 Å². The van der Waals surface area contributed by atoms with Gasteiger partial charge >= 0.3 is 5.97 Å². The standard InChI is InChI=1S/C21H24N2O5/c1-14-4-9-19(15(2)12-14)27-11-10-22-20(25)13-28-21(26)17-5-7-18(8-6-17)23-16(3)24/h4-9,12H,10-11,13H2,1-3H3,(H,22,25)(H,23,24). The first-order valence-electron chi connectivity index (χ1n) is 8.86. The van der Waals surface area contributed by atoms with Crippen LogP contribution in [0.3, 0.4) is 0 Å². The minimum Gasteiger partial charge on any atom is -0.491 e. The Morgan fingerprint density at radius 2 is 1.71 bits per heavy atom. The lowest BCUT2D eigenvalue weighted by Crippen LogP contribution is -2.32. The summed E-state index contributed by atoms with van der Waals surface area (Å²) in [4.78, 5) is 34.7. The lowest BCUT2D eigenvalue weighted by atomic mass is 10.1. The SMILES string of the molecule is CC(=O)Nc1ccc(C(=O)OCC(=O)NCCOc2ccc(C)cc2C)cc1. The second kappa shape index (κ2) is 10.1. The molecule has 2 rings (SSSR count). The zero-order valence-corrected chi connectivity index (χ0v) is 16.2. The zero-order chi connectivity index (χ0) is 20.5. The van der Waals surface area contributed by atoms with Crippen molar-refractivity contribution in [2.45, 2.75) is 20.8 Å². The first-order chi connectivity index (χ1) is 13.3. The van der Waals surface area contributed by atoms with Gasteiger partial charge in [-0.3, -0.25) is 9.59 Å². The molecule has 7 heteroatoms. The first kappa shape index (κ1) is 21.0. The Kier molecular flexibility index (Phi) is 7.56. The second-order valence-corrected chi connectivity index (χ2v) is 6.30. The number of anilines is 1. The van der Waals surface area contributed by atoms with Gasteiger partial charge in [-0.15, -0.1) is 0 Å². The van der Waals surface area contributed by atoms with Crippen molar-refractivity contribution in [2.24, 2.45) is 0 Å². The molecule has 0 fully saturated rings. The van der Waals surface area contributed by atoms with Crippen molar-refractivity contribution < 1.29 is 23.9 Å². The van der Waals surface area contributed by atoms with E-state index in [0.717, 1.165) is 16.9 Å². The molecular weight excluding hydrogens is 360 g/mol. The van der Waals surface area contributed by atoms with Crippen LogP contribution in [0, 0.1) is 13.8 Å². The van der Waals surface area contributed by atoms with E-state index in [9.17, 15) is 14.4 Å². The van der Waals surface area contributed by atoms with Gasteiger partial charge in [-0.05, 0) is 49.7 Å². The molecule has 0 bridgehead atoms. The second-order valence-electron chi connectivity index (χ2n) is 6.30. The molecule has 0 unspecified atom stereocenters. The summed E-state index contributed by atoms with van der Waals surface area (Å²) in [6.45, 7) is 5.60. The van der Waals surface area contributed by atoms with E-state index in [2.05, 4.69) is 10.6 Å². The molecule has 0 aliphatic heterocycles. The number of ether oxygens (including phenoxy) is 2. The number of amides is 2. The molecule has 2 amide bonds. The van der Waals surface area contributed by atoms with E-state index < -0.39 is 11.9 Å². The number of carbonyl (C=O) groups excluding carboxylic acids is 3. The molecule has 148 valence electrons. The number of esters is 1. The molecule has 0 saturated carbocycles. The molecule has 0 heterocycles. The van der Waals surface area contributed by atoms with E-state index in [1.54, 1.807) is 12.1 Å². The Bertz CT molecular complexity index is 846. The van der Waals surface area contributed by atoms with Gasteiger partial charge in [-0.1, -0.05) is 17.7 Å². The molecule has 0 atom stereocenters. The molecule has 0 aromatic heterocycles. The molecular formula is C21H24N2O5. The van der Waals surface area contributed by atoms with Gasteiger partial charge in [-0.2, -0.15) is 0 Å². The minimum atomic E-state index is -0.615. The topological polar surface area (TPSA) is 93.7 Å². The molecule has 0 saturated heterocycles. The fraction of sp³-hybridized carbons (Fsp3) is 0.286. The van der Waals surface area contributed by atoms with Gasteiger partial charge in [0, 0.05) is 12.6 Å². The predicted octanol–water partition coefficient (Wildman–Crippen LogP) is 2.61. The minimum absolute atomic E-state index is 0.200. The summed E-state index contributed by atoms with van der Waals surface area (Å²) in [5, 5.41) is 5.23. The van der Waals surface area contributed by atoms with Gasteiger partial charge < -0.3 is 20.1 Å². The highest BCUT2D eigenvalue weighted by molar-refractivity contribution is 5.93. The van der Waals surface area contributed by atoms with Gasteiger partial charge in [0.25, 0.3) is 5.91 Å². The van der Waals surface area contributed by atoms with Gasteiger partial charge in [0.05, 0.1) is 12.1 Å². The summed E-state index contributed by atoms with van der Waals surface area (Å²) in [7, 11) is 0. The molecule has 0 aliphatic rings. The van der Waals surface area contributed by atoms with Crippen molar-refractivity contribution in [3.8, 4) is 5.75 Å². The van der Waals surface area contributed by atoms with E-state index in [1.165, 1.54) is 19.1 Å². The predicted molar refractivity (Wildman–Crippen MR) is 105 cm³/mol. The summed E-state index contributed by atoms with van der Waals surface area (Å²) in [5.41, 5.74) is 3.06. The lowest BCUT2D eigenvalue weighted by molar-refractivity contribution is -0.124. The number of carbonyl (C=O) groups is 3. The number of hydrogen-bond donors (Lipinski definition) is 2.